The highest BCUT2D eigenvalue weighted by Crippen LogP contribution is 2.40. The molecule has 1 amide bonds. The van der Waals surface area contributed by atoms with Crippen LogP contribution in [0.3, 0.4) is 0 Å². The zero-order valence-electron chi connectivity index (χ0n) is 22.6. The van der Waals surface area contributed by atoms with E-state index in [1.807, 2.05) is 48.5 Å². The maximum atomic E-state index is 13.5. The van der Waals surface area contributed by atoms with E-state index in [2.05, 4.69) is 40.2 Å². The van der Waals surface area contributed by atoms with Gasteiger partial charge in [0.1, 0.15) is 5.75 Å². The smallest absolute Gasteiger partial charge is 0.251 e. The summed E-state index contributed by atoms with van der Waals surface area (Å²) in [4.78, 5) is 13.5. The topological polar surface area (TPSA) is 91.9 Å². The Morgan fingerprint density at radius 1 is 1.08 bits per heavy atom. The highest BCUT2D eigenvalue weighted by atomic mass is 16.5. The van der Waals surface area contributed by atoms with E-state index in [0.717, 1.165) is 48.4 Å². The zero-order chi connectivity index (χ0) is 27.0. The number of hydrogen-bond acceptors (Lipinski definition) is 6. The van der Waals surface area contributed by atoms with Gasteiger partial charge in [-0.1, -0.05) is 42.5 Å². The second-order valence-corrected chi connectivity index (χ2v) is 10.6. The predicted octanol–water partition coefficient (Wildman–Crippen LogP) is 4.27. The third-order valence-electron chi connectivity index (χ3n) is 7.48. The monoisotopic (exact) mass is 529 g/mol. The summed E-state index contributed by atoms with van der Waals surface area (Å²) in [6.07, 6.45) is 2.63. The Hall–Kier alpha value is -3.39. The van der Waals surface area contributed by atoms with Crippen LogP contribution in [0.15, 0.2) is 72.8 Å². The molecule has 1 heterocycles. The van der Waals surface area contributed by atoms with E-state index in [1.54, 1.807) is 7.11 Å². The largest absolute Gasteiger partial charge is 0.494 e. The van der Waals surface area contributed by atoms with Crippen LogP contribution in [0.5, 0.6) is 5.75 Å². The molecule has 5 rings (SSSR count). The summed E-state index contributed by atoms with van der Waals surface area (Å²) in [7, 11) is 1.65. The van der Waals surface area contributed by atoms with Gasteiger partial charge in [0, 0.05) is 43.4 Å². The molecule has 1 aliphatic heterocycles. The molecule has 0 radical (unpaired) electrons. The molecule has 0 spiro atoms. The number of aliphatic hydroxyl groups excluding tert-OH is 1. The molecule has 2 unspecified atom stereocenters. The van der Waals surface area contributed by atoms with E-state index in [1.165, 1.54) is 5.56 Å². The minimum atomic E-state index is -0.769. The number of ether oxygens (including phenoxy) is 2. The molecule has 1 fully saturated rings. The first-order valence-corrected chi connectivity index (χ1v) is 13.9. The quantitative estimate of drug-likeness (QED) is 0.366. The number of amides is 1. The molecule has 206 valence electrons. The molecule has 7 heteroatoms. The van der Waals surface area contributed by atoms with Crippen molar-refractivity contribution in [2.45, 2.75) is 56.4 Å². The van der Waals surface area contributed by atoms with Crippen molar-refractivity contribution in [3.63, 3.8) is 0 Å². The van der Waals surface area contributed by atoms with Gasteiger partial charge in [-0.05, 0) is 72.7 Å². The van der Waals surface area contributed by atoms with E-state index in [-0.39, 0.29) is 5.91 Å². The van der Waals surface area contributed by atoms with E-state index in [9.17, 15) is 9.90 Å². The summed E-state index contributed by atoms with van der Waals surface area (Å²) < 4.78 is 11.3. The van der Waals surface area contributed by atoms with Crippen molar-refractivity contribution in [3.8, 4) is 5.75 Å². The SMILES string of the molecule is COCc1cc2cc(c1)C(=O)N[C@H]([C@H](O)CNC1CC1c1ccccc1)Cc1cccc(c1)OCCCCN2. The summed E-state index contributed by atoms with van der Waals surface area (Å²) in [5.41, 5.74) is 4.68. The third kappa shape index (κ3) is 7.60. The standard InChI is InChI=1S/C32H39N3O4/c1-38-21-23-14-25-18-26(15-23)33-12-5-6-13-39-27-11-7-8-22(16-27)17-30(35-32(25)37)31(36)20-34-29-19-28(29)24-9-3-2-4-10-24/h2-4,7-11,14-16,18,28-31,33-34,36H,5-6,12-13,17,19-21H2,1H3,(H,35,37)/t28?,29?,30-,31+/m0/s1. The first kappa shape index (κ1) is 27.2. The van der Waals surface area contributed by atoms with Crippen molar-refractivity contribution in [2.75, 3.05) is 32.1 Å². The second kappa shape index (κ2) is 13.1. The van der Waals surface area contributed by atoms with Gasteiger partial charge in [-0.15, -0.1) is 0 Å². The molecule has 7 nitrogen and oxygen atoms in total. The molecular formula is C32H39N3O4. The summed E-state index contributed by atoms with van der Waals surface area (Å²) >= 11 is 0. The Labute approximate surface area is 230 Å². The molecule has 39 heavy (non-hydrogen) atoms. The number of methoxy groups -OCH3 is 1. The van der Waals surface area contributed by atoms with E-state index in [4.69, 9.17) is 9.47 Å². The van der Waals surface area contributed by atoms with Crippen molar-refractivity contribution in [1.29, 1.82) is 0 Å². The lowest BCUT2D eigenvalue weighted by molar-refractivity contribution is 0.0829. The molecule has 2 aliphatic rings. The maximum Gasteiger partial charge on any atom is 0.251 e. The third-order valence-corrected chi connectivity index (χ3v) is 7.48. The molecule has 3 aromatic rings. The average molecular weight is 530 g/mol. The van der Waals surface area contributed by atoms with Gasteiger partial charge in [-0.2, -0.15) is 0 Å². The van der Waals surface area contributed by atoms with Gasteiger partial charge in [-0.25, -0.2) is 0 Å². The first-order valence-electron chi connectivity index (χ1n) is 13.9. The Bertz CT molecular complexity index is 1240. The van der Waals surface area contributed by atoms with E-state index < -0.39 is 12.1 Å². The van der Waals surface area contributed by atoms with Crippen molar-refractivity contribution in [3.05, 3.63) is 95.1 Å². The van der Waals surface area contributed by atoms with Crippen LogP contribution in [0.4, 0.5) is 5.69 Å². The van der Waals surface area contributed by atoms with Gasteiger partial charge in [0.05, 0.1) is 25.4 Å². The Balaban J connectivity index is 1.33. The predicted molar refractivity (Wildman–Crippen MR) is 153 cm³/mol. The van der Waals surface area contributed by atoms with Crippen molar-refractivity contribution >= 4 is 11.6 Å². The van der Waals surface area contributed by atoms with Gasteiger partial charge in [0.15, 0.2) is 0 Å². The number of carbonyl (C=O) groups excluding carboxylic acids is 1. The van der Waals surface area contributed by atoms with Crippen LogP contribution in [0.25, 0.3) is 0 Å². The molecule has 3 aromatic carbocycles. The normalized spacial score (nSPS) is 22.2. The number of carbonyl (C=O) groups is 1. The Kier molecular flexibility index (Phi) is 9.14. The molecule has 4 atom stereocenters. The van der Waals surface area contributed by atoms with Crippen LogP contribution >= 0.6 is 0 Å². The van der Waals surface area contributed by atoms with Crippen LogP contribution in [0, 0.1) is 0 Å². The Morgan fingerprint density at radius 2 is 1.95 bits per heavy atom. The van der Waals surface area contributed by atoms with E-state index in [0.29, 0.717) is 43.7 Å². The van der Waals surface area contributed by atoms with Crippen LogP contribution in [0.1, 0.15) is 52.2 Å². The van der Waals surface area contributed by atoms with Gasteiger partial charge in [0.25, 0.3) is 5.91 Å². The average Bonchev–Trinajstić information content (AvgIpc) is 3.73. The van der Waals surface area contributed by atoms with Gasteiger partial charge in [-0.3, -0.25) is 4.79 Å². The van der Waals surface area contributed by atoms with Crippen molar-refractivity contribution < 1.29 is 19.4 Å². The summed E-state index contributed by atoms with van der Waals surface area (Å²) in [5, 5.41) is 21.4. The van der Waals surface area contributed by atoms with Gasteiger partial charge >= 0.3 is 0 Å². The number of fused-ring (bicyclic) bond motifs is 4. The summed E-state index contributed by atoms with van der Waals surface area (Å²) in [6, 6.07) is 24.0. The van der Waals surface area contributed by atoms with Crippen LogP contribution < -0.4 is 20.7 Å². The fraction of sp³-hybridized carbons (Fsp3) is 0.406. The molecular weight excluding hydrogens is 490 g/mol. The number of aliphatic hydroxyl groups is 1. The minimum Gasteiger partial charge on any atom is -0.494 e. The van der Waals surface area contributed by atoms with Crippen LogP contribution in [0.2, 0.25) is 0 Å². The number of hydrogen-bond donors (Lipinski definition) is 4. The molecule has 0 saturated heterocycles. The molecule has 0 aromatic heterocycles. The van der Waals surface area contributed by atoms with Gasteiger partial charge < -0.3 is 30.5 Å². The van der Waals surface area contributed by atoms with Crippen LogP contribution in [-0.2, 0) is 17.8 Å². The number of rotatable bonds is 7. The van der Waals surface area contributed by atoms with Crippen LogP contribution in [-0.4, -0.2) is 56.0 Å². The number of anilines is 1. The lowest BCUT2D eigenvalue weighted by Gasteiger charge is -2.25. The molecule has 4 N–H and O–H groups in total. The summed E-state index contributed by atoms with van der Waals surface area (Å²) in [5.74, 6) is 1.06. The fourth-order valence-electron chi connectivity index (χ4n) is 5.28. The maximum absolute atomic E-state index is 13.5. The second-order valence-electron chi connectivity index (χ2n) is 10.6. The van der Waals surface area contributed by atoms with Crippen molar-refractivity contribution in [1.82, 2.24) is 10.6 Å². The first-order chi connectivity index (χ1) is 19.1. The minimum absolute atomic E-state index is 0.215. The number of benzene rings is 3. The van der Waals surface area contributed by atoms with E-state index >= 15 is 0 Å². The summed E-state index contributed by atoms with van der Waals surface area (Å²) in [6.45, 7) is 2.22. The van der Waals surface area contributed by atoms with Crippen molar-refractivity contribution in [2.24, 2.45) is 0 Å². The number of nitrogens with one attached hydrogen (secondary N) is 3. The molecule has 4 bridgehead atoms. The Morgan fingerprint density at radius 3 is 2.79 bits per heavy atom. The zero-order valence-corrected chi connectivity index (χ0v) is 22.6. The van der Waals surface area contributed by atoms with Gasteiger partial charge in [0.2, 0.25) is 0 Å². The highest BCUT2D eigenvalue weighted by molar-refractivity contribution is 5.95. The fourth-order valence-corrected chi connectivity index (χ4v) is 5.28. The lowest BCUT2D eigenvalue weighted by Crippen LogP contribution is -2.49. The lowest BCUT2D eigenvalue weighted by atomic mass is 9.99. The molecule has 1 saturated carbocycles. The molecule has 1 aliphatic carbocycles. The highest BCUT2D eigenvalue weighted by Gasteiger charge is 2.38.